The van der Waals surface area contributed by atoms with E-state index < -0.39 is 21.3 Å². The number of hydrogen-bond acceptors (Lipinski definition) is 0. The first-order valence-corrected chi connectivity index (χ1v) is 23.4. The summed E-state index contributed by atoms with van der Waals surface area (Å²) in [6.07, 6.45) is 15.7. The third-order valence-electron chi connectivity index (χ3n) is 12.2. The van der Waals surface area contributed by atoms with Crippen molar-refractivity contribution >= 4 is 14.4 Å². The van der Waals surface area contributed by atoms with Gasteiger partial charge in [0.2, 0.25) is 0 Å². The van der Waals surface area contributed by atoms with Crippen LogP contribution >= 0.6 is 0 Å². The standard InChI is InChI=1S/C31H37.C15H14.C5H5.2ClH.Zr/c1-28(2,3)26-16-30(7,8)24-12-18-11-19-13-25-23(15-21(19)20(18)14-22(24)26)27(29(4,5)6)17-31(25,9)10;1-3-8-14(9-4-1)12-7-13-15-10-5-2-6-11-15;1-2-4-5-3-1;;;/h11-17H,1-10H3;1-6,8-11H,12-13H2;1-3H,4H2;2*1H;/q;;;;;+2/p-2. The molecule has 4 aromatic carbocycles. The largest absolute Gasteiger partial charge is 1.00 e. The Kier molecular flexibility index (Phi) is 11.0. The number of halogens is 2. The van der Waals surface area contributed by atoms with Crippen LogP contribution in [0.3, 0.4) is 0 Å². The third kappa shape index (κ3) is 7.17. The van der Waals surface area contributed by atoms with Crippen LogP contribution in [0.2, 0.25) is 0 Å². The fourth-order valence-corrected chi connectivity index (χ4v) is 18.8. The van der Waals surface area contributed by atoms with Crippen molar-refractivity contribution in [3.8, 4) is 11.1 Å². The van der Waals surface area contributed by atoms with E-state index in [0.717, 1.165) is 19.3 Å². The van der Waals surface area contributed by atoms with Gasteiger partial charge in [-0.1, -0.05) is 0 Å². The van der Waals surface area contributed by atoms with Crippen molar-refractivity contribution in [2.75, 3.05) is 0 Å². The van der Waals surface area contributed by atoms with Gasteiger partial charge in [0, 0.05) is 0 Å². The number of hydrogen-bond donors (Lipinski definition) is 0. The Morgan fingerprint density at radius 3 is 1.41 bits per heavy atom. The van der Waals surface area contributed by atoms with Crippen LogP contribution in [-0.2, 0) is 44.9 Å². The van der Waals surface area contributed by atoms with E-state index in [9.17, 15) is 0 Å². The van der Waals surface area contributed by atoms with Gasteiger partial charge < -0.3 is 24.8 Å². The Morgan fingerprint density at radius 1 is 0.611 bits per heavy atom. The fraction of sp³-hybridized carbons (Fsp3) is 0.353. The van der Waals surface area contributed by atoms with Crippen LogP contribution in [-0.4, -0.2) is 3.21 Å². The molecule has 0 bridgehead atoms. The predicted octanol–water partition coefficient (Wildman–Crippen LogP) is 7.33. The Hall–Kier alpha value is -2.83. The molecule has 278 valence electrons. The van der Waals surface area contributed by atoms with E-state index in [1.54, 1.807) is 17.6 Å². The van der Waals surface area contributed by atoms with Gasteiger partial charge in [-0.2, -0.15) is 0 Å². The maximum atomic E-state index is 2.72. The minimum absolute atomic E-state index is 0. The summed E-state index contributed by atoms with van der Waals surface area (Å²) in [5.41, 5.74) is 18.2. The molecule has 0 unspecified atom stereocenters. The van der Waals surface area contributed by atoms with Gasteiger partial charge in [-0.25, -0.2) is 0 Å². The molecule has 0 saturated carbocycles. The summed E-state index contributed by atoms with van der Waals surface area (Å²) in [7, 11) is 0. The van der Waals surface area contributed by atoms with Crippen LogP contribution in [0, 0.1) is 10.8 Å². The van der Waals surface area contributed by atoms with Gasteiger partial charge in [0.15, 0.2) is 0 Å². The number of fused-ring (bicyclic) bond motifs is 5. The second kappa shape index (κ2) is 14.6. The van der Waals surface area contributed by atoms with E-state index in [4.69, 9.17) is 0 Å². The van der Waals surface area contributed by atoms with Crippen molar-refractivity contribution in [2.24, 2.45) is 10.8 Å². The number of rotatable bonds is 6. The number of allylic oxidation sites excluding steroid dienone is 8. The predicted molar refractivity (Wildman–Crippen MR) is 222 cm³/mol. The van der Waals surface area contributed by atoms with Crippen molar-refractivity contribution in [3.05, 3.63) is 163 Å². The molecule has 54 heavy (non-hydrogen) atoms. The summed E-state index contributed by atoms with van der Waals surface area (Å²) in [4.78, 5) is 0. The summed E-state index contributed by atoms with van der Waals surface area (Å²) in [5, 5.41) is 0. The minimum Gasteiger partial charge on any atom is -1.00 e. The zero-order chi connectivity index (χ0) is 36.8. The second-order valence-corrected chi connectivity index (χ2v) is 25.9. The first kappa shape index (κ1) is 40.8. The molecule has 4 aliphatic rings. The van der Waals surface area contributed by atoms with Crippen molar-refractivity contribution in [1.29, 1.82) is 0 Å². The third-order valence-corrected chi connectivity index (χ3v) is 20.5. The SMILES string of the molecule is CC(C)(C)C1=CC(C)(C)c2cc3c(cc21)-c1cc2c(cc1[CH]3[Zr+2]([C]1=CC=CC1)=[C](Cc1ccccc1)Cc1ccccc1)C(C)(C)C=C2C(C)(C)C.[Cl-].[Cl-]. The monoisotopic (exact) mass is 828 g/mol. The Bertz CT molecular complexity index is 2120. The molecular formula is C51H56Cl2Zr. The van der Waals surface area contributed by atoms with Gasteiger partial charge in [0.25, 0.3) is 0 Å². The molecule has 0 amide bonds. The smallest absolute Gasteiger partial charge is 1.00 e. The molecule has 3 heteroatoms. The van der Waals surface area contributed by atoms with Gasteiger partial charge in [0.05, 0.1) is 0 Å². The maximum absolute atomic E-state index is 2.72. The molecule has 0 aliphatic heterocycles. The van der Waals surface area contributed by atoms with Crippen LogP contribution in [0.1, 0.15) is 124 Å². The molecule has 0 heterocycles. The van der Waals surface area contributed by atoms with Crippen LogP contribution in [0.5, 0.6) is 0 Å². The van der Waals surface area contributed by atoms with Crippen molar-refractivity contribution in [1.82, 2.24) is 0 Å². The quantitative estimate of drug-likeness (QED) is 0.191. The normalized spacial score (nSPS) is 17.2. The number of benzene rings is 4. The summed E-state index contributed by atoms with van der Waals surface area (Å²) in [5.74, 6) is 0. The Morgan fingerprint density at radius 2 is 1.04 bits per heavy atom. The molecule has 0 aromatic heterocycles. The van der Waals surface area contributed by atoms with E-state index in [1.165, 1.54) is 55.7 Å². The molecule has 0 atom stereocenters. The van der Waals surface area contributed by atoms with Crippen molar-refractivity contribution in [3.63, 3.8) is 0 Å². The van der Waals surface area contributed by atoms with Crippen LogP contribution in [0.4, 0.5) is 0 Å². The van der Waals surface area contributed by atoms with Crippen LogP contribution in [0.25, 0.3) is 22.3 Å². The molecule has 4 aromatic rings. The van der Waals surface area contributed by atoms with E-state index in [-0.39, 0.29) is 46.5 Å². The molecule has 0 spiro atoms. The zero-order valence-electron chi connectivity index (χ0n) is 33.9. The molecule has 8 rings (SSSR count). The van der Waals surface area contributed by atoms with Crippen LogP contribution in [0.15, 0.2) is 119 Å². The second-order valence-electron chi connectivity index (χ2n) is 19.1. The first-order chi connectivity index (χ1) is 24.5. The van der Waals surface area contributed by atoms with Gasteiger partial charge in [-0.3, -0.25) is 0 Å². The molecule has 0 fully saturated rings. The molecular weight excluding hydrogens is 775 g/mol. The molecule has 0 saturated heterocycles. The molecule has 4 aliphatic carbocycles. The average molecular weight is 831 g/mol. The zero-order valence-corrected chi connectivity index (χ0v) is 37.9. The molecule has 0 N–H and O–H groups in total. The van der Waals surface area contributed by atoms with Crippen molar-refractivity contribution < 1.29 is 46.1 Å². The summed E-state index contributed by atoms with van der Waals surface area (Å²) in [6.45, 7) is 24.1. The van der Waals surface area contributed by atoms with Gasteiger partial charge >= 0.3 is 324 Å². The van der Waals surface area contributed by atoms with Gasteiger partial charge in [-0.15, -0.1) is 0 Å². The summed E-state index contributed by atoms with van der Waals surface area (Å²) in [6, 6.07) is 33.4. The maximum Gasteiger partial charge on any atom is -1.00 e. The van der Waals surface area contributed by atoms with Gasteiger partial charge in [0.1, 0.15) is 0 Å². The van der Waals surface area contributed by atoms with E-state index in [2.05, 4.69) is 185 Å². The van der Waals surface area contributed by atoms with Gasteiger partial charge in [-0.05, 0) is 0 Å². The van der Waals surface area contributed by atoms with E-state index in [1.807, 2.05) is 0 Å². The van der Waals surface area contributed by atoms with Crippen LogP contribution < -0.4 is 24.8 Å². The Labute approximate surface area is 345 Å². The summed E-state index contributed by atoms with van der Waals surface area (Å²) < 4.78 is 3.98. The Balaban J connectivity index is 0.00000249. The molecule has 0 radical (unpaired) electrons. The topological polar surface area (TPSA) is 0 Å². The van der Waals surface area contributed by atoms with E-state index >= 15 is 0 Å². The first-order valence-electron chi connectivity index (χ1n) is 19.5. The fourth-order valence-electron chi connectivity index (χ4n) is 9.64. The molecule has 0 nitrogen and oxygen atoms in total. The minimum atomic E-state index is -2.70. The van der Waals surface area contributed by atoms with E-state index in [0.29, 0.717) is 3.63 Å². The van der Waals surface area contributed by atoms with Crippen molar-refractivity contribution in [2.45, 2.75) is 103 Å². The summed E-state index contributed by atoms with van der Waals surface area (Å²) >= 11 is -2.70. The average Bonchev–Trinajstić information content (AvgIpc) is 3.84.